The van der Waals surface area contributed by atoms with Crippen LogP contribution in [0.15, 0.2) is 36.4 Å². The quantitative estimate of drug-likeness (QED) is 0.621. The van der Waals surface area contributed by atoms with Gasteiger partial charge in [0.15, 0.2) is 0 Å². The largest absolute Gasteiger partial charge is 0.381 e. The molecule has 0 atom stereocenters. The van der Waals surface area contributed by atoms with Gasteiger partial charge in [0.05, 0.1) is 15.0 Å². The third-order valence-corrected chi connectivity index (χ3v) is 3.62. The van der Waals surface area contributed by atoms with Crippen molar-refractivity contribution in [2.45, 2.75) is 6.54 Å². The van der Waals surface area contributed by atoms with Crippen molar-refractivity contribution in [3.63, 3.8) is 0 Å². The normalized spacial score (nSPS) is 10.3. The van der Waals surface area contributed by atoms with E-state index in [1.165, 1.54) is 6.07 Å². The molecule has 2 aromatic rings. The summed E-state index contributed by atoms with van der Waals surface area (Å²) in [6.07, 6.45) is 0. The van der Waals surface area contributed by atoms with E-state index in [0.717, 1.165) is 5.69 Å². The minimum Gasteiger partial charge on any atom is -0.381 e. The molecule has 4 nitrogen and oxygen atoms in total. The van der Waals surface area contributed by atoms with Crippen LogP contribution in [0.1, 0.15) is 5.56 Å². The monoisotopic (exact) mass is 330 g/mol. The van der Waals surface area contributed by atoms with E-state index in [0.29, 0.717) is 20.6 Å². The fourth-order valence-electron chi connectivity index (χ4n) is 1.66. The van der Waals surface area contributed by atoms with Crippen LogP contribution in [0.2, 0.25) is 15.1 Å². The average molecular weight is 332 g/mol. The van der Waals surface area contributed by atoms with Crippen molar-refractivity contribution in [1.82, 2.24) is 0 Å². The highest BCUT2D eigenvalue weighted by Crippen LogP contribution is 2.27. The summed E-state index contributed by atoms with van der Waals surface area (Å²) in [6, 6.07) is 9.61. The Morgan fingerprint density at radius 3 is 2.45 bits per heavy atom. The molecule has 0 aliphatic heterocycles. The zero-order valence-electron chi connectivity index (χ0n) is 10.1. The molecule has 0 aliphatic carbocycles. The first-order valence-electron chi connectivity index (χ1n) is 5.59. The SMILES string of the molecule is O=[N+]([O-])c1cc(Cl)ccc1CNc1ccc(Cl)c(Cl)c1. The maximum absolute atomic E-state index is 11.0. The van der Waals surface area contributed by atoms with E-state index in [1.807, 2.05) is 0 Å². The lowest BCUT2D eigenvalue weighted by Gasteiger charge is -2.08. The summed E-state index contributed by atoms with van der Waals surface area (Å²) in [7, 11) is 0. The molecule has 2 aromatic carbocycles. The Hall–Kier alpha value is -1.49. The number of nitro benzene ring substituents is 1. The van der Waals surface area contributed by atoms with Gasteiger partial charge in [-0.1, -0.05) is 34.8 Å². The van der Waals surface area contributed by atoms with E-state index >= 15 is 0 Å². The molecule has 0 fully saturated rings. The second kappa shape index (κ2) is 6.31. The molecule has 0 saturated carbocycles. The molecule has 0 unspecified atom stereocenters. The van der Waals surface area contributed by atoms with Gasteiger partial charge < -0.3 is 5.32 Å². The maximum Gasteiger partial charge on any atom is 0.275 e. The van der Waals surface area contributed by atoms with Crippen LogP contribution in [0.25, 0.3) is 0 Å². The molecule has 0 spiro atoms. The van der Waals surface area contributed by atoms with Crippen LogP contribution in [0.4, 0.5) is 11.4 Å². The van der Waals surface area contributed by atoms with Gasteiger partial charge in [-0.3, -0.25) is 10.1 Å². The van der Waals surface area contributed by atoms with Crippen LogP contribution < -0.4 is 5.32 Å². The Kier molecular flexibility index (Phi) is 4.70. The molecule has 0 saturated heterocycles. The van der Waals surface area contributed by atoms with E-state index < -0.39 is 4.92 Å². The molecular weight excluding hydrogens is 323 g/mol. The zero-order valence-corrected chi connectivity index (χ0v) is 12.3. The van der Waals surface area contributed by atoms with Crippen LogP contribution in [0.3, 0.4) is 0 Å². The van der Waals surface area contributed by atoms with Crippen molar-refractivity contribution >= 4 is 46.2 Å². The van der Waals surface area contributed by atoms with Crippen LogP contribution in [0, 0.1) is 10.1 Å². The highest BCUT2D eigenvalue weighted by atomic mass is 35.5. The molecular formula is C13H9Cl3N2O2. The molecule has 1 N–H and O–H groups in total. The minimum absolute atomic E-state index is 0.0231. The van der Waals surface area contributed by atoms with Gasteiger partial charge in [0.1, 0.15) is 0 Å². The topological polar surface area (TPSA) is 55.2 Å². The van der Waals surface area contributed by atoms with Crippen molar-refractivity contribution < 1.29 is 4.92 Å². The second-order valence-electron chi connectivity index (χ2n) is 4.01. The molecule has 0 radical (unpaired) electrons. The Morgan fingerprint density at radius 1 is 1.05 bits per heavy atom. The average Bonchev–Trinajstić information content (AvgIpc) is 2.41. The summed E-state index contributed by atoms with van der Waals surface area (Å²) in [5.74, 6) is 0. The Balaban J connectivity index is 2.18. The lowest BCUT2D eigenvalue weighted by molar-refractivity contribution is -0.385. The number of nitro groups is 1. The van der Waals surface area contributed by atoms with Crippen LogP contribution in [-0.2, 0) is 6.54 Å². The second-order valence-corrected chi connectivity index (χ2v) is 5.26. The van der Waals surface area contributed by atoms with E-state index in [1.54, 1.807) is 30.3 Å². The molecule has 2 rings (SSSR count). The number of hydrogen-bond donors (Lipinski definition) is 1. The fourth-order valence-corrected chi connectivity index (χ4v) is 2.12. The maximum atomic E-state index is 11.0. The molecule has 20 heavy (non-hydrogen) atoms. The Morgan fingerprint density at radius 2 is 1.80 bits per heavy atom. The van der Waals surface area contributed by atoms with Gasteiger partial charge in [-0.2, -0.15) is 0 Å². The van der Waals surface area contributed by atoms with Crippen LogP contribution >= 0.6 is 34.8 Å². The van der Waals surface area contributed by atoms with Gasteiger partial charge in [-0.05, 0) is 30.3 Å². The molecule has 0 aromatic heterocycles. The van der Waals surface area contributed by atoms with Crippen molar-refractivity contribution in [2.24, 2.45) is 0 Å². The molecule has 0 aliphatic rings. The molecule has 104 valence electrons. The number of halogens is 3. The van der Waals surface area contributed by atoms with Gasteiger partial charge in [0.2, 0.25) is 0 Å². The Bertz CT molecular complexity index is 662. The number of benzene rings is 2. The first-order chi connectivity index (χ1) is 9.47. The van der Waals surface area contributed by atoms with Crippen LogP contribution in [0.5, 0.6) is 0 Å². The third kappa shape index (κ3) is 3.54. The lowest BCUT2D eigenvalue weighted by Crippen LogP contribution is -2.03. The fraction of sp³-hybridized carbons (Fsp3) is 0.0769. The highest BCUT2D eigenvalue weighted by Gasteiger charge is 2.13. The van der Waals surface area contributed by atoms with Crippen molar-refractivity contribution in [2.75, 3.05) is 5.32 Å². The summed E-state index contributed by atoms with van der Waals surface area (Å²) in [4.78, 5) is 10.5. The lowest BCUT2D eigenvalue weighted by atomic mass is 10.1. The predicted octanol–water partition coefficient (Wildman–Crippen LogP) is 5.17. The Labute approximate surface area is 130 Å². The molecule has 7 heteroatoms. The number of anilines is 1. The highest BCUT2D eigenvalue weighted by molar-refractivity contribution is 6.42. The standard InChI is InChI=1S/C13H9Cl3N2O2/c14-9-2-1-8(13(5-9)18(19)20)7-17-10-3-4-11(15)12(16)6-10/h1-6,17H,7H2. The van der Waals surface area contributed by atoms with Crippen molar-refractivity contribution in [1.29, 1.82) is 0 Å². The molecule has 0 amide bonds. The van der Waals surface area contributed by atoms with Crippen molar-refractivity contribution in [3.8, 4) is 0 Å². The minimum atomic E-state index is -0.461. The number of rotatable bonds is 4. The summed E-state index contributed by atoms with van der Waals surface area (Å²) in [5.41, 5.74) is 1.24. The predicted molar refractivity (Wildman–Crippen MR) is 81.9 cm³/mol. The van der Waals surface area contributed by atoms with Gasteiger partial charge in [0.25, 0.3) is 5.69 Å². The molecule has 0 bridgehead atoms. The van der Waals surface area contributed by atoms with E-state index in [-0.39, 0.29) is 12.2 Å². The van der Waals surface area contributed by atoms with Gasteiger partial charge in [0, 0.05) is 28.9 Å². The van der Waals surface area contributed by atoms with Crippen molar-refractivity contribution in [3.05, 3.63) is 67.1 Å². The van der Waals surface area contributed by atoms with E-state index in [2.05, 4.69) is 5.32 Å². The van der Waals surface area contributed by atoms with E-state index in [9.17, 15) is 10.1 Å². The smallest absolute Gasteiger partial charge is 0.275 e. The number of hydrogen-bond acceptors (Lipinski definition) is 3. The summed E-state index contributed by atoms with van der Waals surface area (Å²) in [5, 5.41) is 15.2. The first kappa shape index (κ1) is 14.9. The summed E-state index contributed by atoms with van der Waals surface area (Å²) >= 11 is 17.5. The third-order valence-electron chi connectivity index (χ3n) is 2.65. The number of nitrogens with zero attached hydrogens (tertiary/aromatic N) is 1. The zero-order chi connectivity index (χ0) is 14.7. The first-order valence-corrected chi connectivity index (χ1v) is 6.72. The van der Waals surface area contributed by atoms with E-state index in [4.69, 9.17) is 34.8 Å². The summed E-state index contributed by atoms with van der Waals surface area (Å²) < 4.78 is 0. The van der Waals surface area contributed by atoms with Crippen LogP contribution in [-0.4, -0.2) is 4.92 Å². The molecule has 0 heterocycles. The number of nitrogens with one attached hydrogen (secondary N) is 1. The van der Waals surface area contributed by atoms with Gasteiger partial charge in [-0.15, -0.1) is 0 Å². The van der Waals surface area contributed by atoms with Gasteiger partial charge in [-0.25, -0.2) is 0 Å². The van der Waals surface area contributed by atoms with Gasteiger partial charge >= 0.3 is 0 Å². The summed E-state index contributed by atoms with van der Waals surface area (Å²) in [6.45, 7) is 0.283.